The first kappa shape index (κ1) is 11.3. The number of hydrogen-bond acceptors (Lipinski definition) is 3. The number of fused-ring (bicyclic) bond motifs is 1. The standard InChI is InChI=1S/C14H10N2S2/c15-13(17)9-4-3-5-10(8-9)14-16-11-6-1-2-7-12(11)18-14/h1-8H,(H2,15,17). The number of nitrogens with two attached hydrogens (primary N) is 1. The summed E-state index contributed by atoms with van der Waals surface area (Å²) in [6, 6.07) is 16.0. The Hall–Kier alpha value is -1.78. The van der Waals surface area contributed by atoms with Crippen LogP contribution in [0.15, 0.2) is 48.5 Å². The van der Waals surface area contributed by atoms with E-state index in [1.165, 1.54) is 4.70 Å². The number of nitrogens with zero attached hydrogens (tertiary/aromatic N) is 1. The van der Waals surface area contributed by atoms with Crippen molar-refractivity contribution in [3.63, 3.8) is 0 Å². The Morgan fingerprint density at radius 3 is 2.72 bits per heavy atom. The molecule has 0 atom stereocenters. The maximum atomic E-state index is 5.65. The van der Waals surface area contributed by atoms with Gasteiger partial charge in [0.25, 0.3) is 0 Å². The summed E-state index contributed by atoms with van der Waals surface area (Å²) >= 11 is 6.67. The van der Waals surface area contributed by atoms with Gasteiger partial charge in [-0.1, -0.05) is 42.5 Å². The van der Waals surface area contributed by atoms with Crippen molar-refractivity contribution in [1.82, 2.24) is 4.98 Å². The normalized spacial score (nSPS) is 10.7. The zero-order valence-electron chi connectivity index (χ0n) is 9.46. The summed E-state index contributed by atoms with van der Waals surface area (Å²) in [4.78, 5) is 5.03. The molecule has 0 amide bonds. The quantitative estimate of drug-likeness (QED) is 0.723. The Morgan fingerprint density at radius 2 is 1.94 bits per heavy atom. The minimum atomic E-state index is 0.415. The third-order valence-corrected chi connectivity index (χ3v) is 4.01. The van der Waals surface area contributed by atoms with Gasteiger partial charge in [0, 0.05) is 11.1 Å². The van der Waals surface area contributed by atoms with Gasteiger partial charge in [-0.25, -0.2) is 4.98 Å². The highest BCUT2D eigenvalue weighted by Crippen LogP contribution is 2.30. The van der Waals surface area contributed by atoms with E-state index in [0.29, 0.717) is 4.99 Å². The Balaban J connectivity index is 2.13. The van der Waals surface area contributed by atoms with Crippen LogP contribution < -0.4 is 5.73 Å². The Labute approximate surface area is 114 Å². The second-order valence-electron chi connectivity index (χ2n) is 3.93. The molecule has 2 nitrogen and oxygen atoms in total. The SMILES string of the molecule is NC(=S)c1cccc(-c2nc3ccccc3s2)c1. The molecule has 18 heavy (non-hydrogen) atoms. The fourth-order valence-corrected chi connectivity index (χ4v) is 2.89. The predicted molar refractivity (Wildman–Crippen MR) is 80.9 cm³/mol. The third-order valence-electron chi connectivity index (χ3n) is 2.69. The molecule has 0 aliphatic heterocycles. The van der Waals surface area contributed by atoms with Gasteiger partial charge >= 0.3 is 0 Å². The molecule has 0 aliphatic rings. The lowest BCUT2D eigenvalue weighted by Gasteiger charge is -2.00. The van der Waals surface area contributed by atoms with Crippen molar-refractivity contribution in [3.05, 3.63) is 54.1 Å². The minimum absolute atomic E-state index is 0.415. The number of hydrogen-bond donors (Lipinski definition) is 1. The third kappa shape index (κ3) is 2.00. The van der Waals surface area contributed by atoms with E-state index < -0.39 is 0 Å². The number of aromatic nitrogens is 1. The highest BCUT2D eigenvalue weighted by Gasteiger charge is 2.06. The van der Waals surface area contributed by atoms with Gasteiger partial charge in [0.2, 0.25) is 0 Å². The molecule has 0 saturated heterocycles. The van der Waals surface area contributed by atoms with Gasteiger partial charge in [0.05, 0.1) is 10.2 Å². The Morgan fingerprint density at radius 1 is 1.11 bits per heavy atom. The second-order valence-corrected chi connectivity index (χ2v) is 5.40. The second kappa shape index (κ2) is 4.48. The van der Waals surface area contributed by atoms with Gasteiger partial charge < -0.3 is 5.73 Å². The van der Waals surface area contributed by atoms with Crippen molar-refractivity contribution in [2.24, 2.45) is 5.73 Å². The first-order valence-electron chi connectivity index (χ1n) is 5.50. The van der Waals surface area contributed by atoms with Crippen LogP contribution in [0.5, 0.6) is 0 Å². The number of para-hydroxylation sites is 1. The van der Waals surface area contributed by atoms with E-state index in [1.54, 1.807) is 11.3 Å². The van der Waals surface area contributed by atoms with Crippen molar-refractivity contribution < 1.29 is 0 Å². The zero-order chi connectivity index (χ0) is 12.5. The van der Waals surface area contributed by atoms with Crippen LogP contribution >= 0.6 is 23.6 Å². The fraction of sp³-hybridized carbons (Fsp3) is 0. The molecule has 0 saturated carbocycles. The number of thiocarbonyl (C=S) groups is 1. The smallest absolute Gasteiger partial charge is 0.124 e. The monoisotopic (exact) mass is 270 g/mol. The molecular weight excluding hydrogens is 260 g/mol. The minimum Gasteiger partial charge on any atom is -0.389 e. The van der Waals surface area contributed by atoms with Crippen molar-refractivity contribution >= 4 is 38.8 Å². The van der Waals surface area contributed by atoms with E-state index in [9.17, 15) is 0 Å². The van der Waals surface area contributed by atoms with E-state index in [-0.39, 0.29) is 0 Å². The van der Waals surface area contributed by atoms with E-state index in [2.05, 4.69) is 11.1 Å². The summed E-state index contributed by atoms with van der Waals surface area (Å²) in [7, 11) is 0. The predicted octanol–water partition coefficient (Wildman–Crippen LogP) is 3.60. The van der Waals surface area contributed by atoms with Gasteiger partial charge in [-0.05, 0) is 18.2 Å². The van der Waals surface area contributed by atoms with Crippen LogP contribution in [0.1, 0.15) is 5.56 Å². The first-order chi connectivity index (χ1) is 8.74. The molecule has 0 unspecified atom stereocenters. The van der Waals surface area contributed by atoms with Crippen LogP contribution in [0.4, 0.5) is 0 Å². The number of rotatable bonds is 2. The molecule has 1 heterocycles. The topological polar surface area (TPSA) is 38.9 Å². The van der Waals surface area contributed by atoms with E-state index in [1.807, 2.05) is 42.5 Å². The van der Waals surface area contributed by atoms with E-state index >= 15 is 0 Å². The van der Waals surface area contributed by atoms with Crippen LogP contribution in [0.2, 0.25) is 0 Å². The number of thiazole rings is 1. The first-order valence-corrected chi connectivity index (χ1v) is 6.72. The molecule has 88 valence electrons. The molecule has 2 aromatic carbocycles. The molecule has 4 heteroatoms. The zero-order valence-corrected chi connectivity index (χ0v) is 11.1. The van der Waals surface area contributed by atoms with Crippen molar-refractivity contribution in [2.45, 2.75) is 0 Å². The average molecular weight is 270 g/mol. The van der Waals surface area contributed by atoms with E-state index in [4.69, 9.17) is 18.0 Å². The highest BCUT2D eigenvalue weighted by atomic mass is 32.1. The van der Waals surface area contributed by atoms with Crippen molar-refractivity contribution in [1.29, 1.82) is 0 Å². The summed E-state index contributed by atoms with van der Waals surface area (Å²) in [5, 5.41) is 0.995. The summed E-state index contributed by atoms with van der Waals surface area (Å²) in [6.07, 6.45) is 0. The molecule has 0 fully saturated rings. The Bertz CT molecular complexity index is 698. The van der Waals surface area contributed by atoms with Gasteiger partial charge in [-0.3, -0.25) is 0 Å². The lowest BCUT2D eigenvalue weighted by molar-refractivity contribution is 1.47. The molecular formula is C14H10N2S2. The molecule has 3 rings (SSSR count). The summed E-state index contributed by atoms with van der Waals surface area (Å²) in [5.74, 6) is 0. The van der Waals surface area contributed by atoms with Gasteiger partial charge in [0.15, 0.2) is 0 Å². The van der Waals surface area contributed by atoms with Crippen LogP contribution in [-0.4, -0.2) is 9.97 Å². The van der Waals surface area contributed by atoms with Gasteiger partial charge in [-0.15, -0.1) is 11.3 Å². The number of benzene rings is 2. The average Bonchev–Trinajstić information content (AvgIpc) is 2.82. The summed E-state index contributed by atoms with van der Waals surface area (Å²) < 4.78 is 1.19. The lowest BCUT2D eigenvalue weighted by atomic mass is 10.1. The molecule has 0 aliphatic carbocycles. The Kier molecular flexibility index (Phi) is 2.81. The maximum absolute atomic E-state index is 5.65. The molecule has 0 spiro atoms. The van der Waals surface area contributed by atoms with Crippen LogP contribution in [0, 0.1) is 0 Å². The largest absolute Gasteiger partial charge is 0.389 e. The maximum Gasteiger partial charge on any atom is 0.124 e. The van der Waals surface area contributed by atoms with Gasteiger partial charge in [0.1, 0.15) is 10.00 Å². The lowest BCUT2D eigenvalue weighted by Crippen LogP contribution is -2.08. The molecule has 0 bridgehead atoms. The van der Waals surface area contributed by atoms with E-state index in [0.717, 1.165) is 21.7 Å². The van der Waals surface area contributed by atoms with Crippen LogP contribution in [-0.2, 0) is 0 Å². The van der Waals surface area contributed by atoms with Crippen LogP contribution in [0.3, 0.4) is 0 Å². The fourth-order valence-electron chi connectivity index (χ4n) is 1.80. The molecule has 1 aromatic heterocycles. The molecule has 3 aromatic rings. The molecule has 2 N–H and O–H groups in total. The summed E-state index contributed by atoms with van der Waals surface area (Å²) in [6.45, 7) is 0. The molecule has 0 radical (unpaired) electrons. The van der Waals surface area contributed by atoms with Crippen molar-refractivity contribution in [2.75, 3.05) is 0 Å². The van der Waals surface area contributed by atoms with Gasteiger partial charge in [-0.2, -0.15) is 0 Å². The van der Waals surface area contributed by atoms with Crippen LogP contribution in [0.25, 0.3) is 20.8 Å². The summed E-state index contributed by atoms with van der Waals surface area (Å²) in [5.41, 5.74) is 8.61. The highest BCUT2D eigenvalue weighted by molar-refractivity contribution is 7.80. The van der Waals surface area contributed by atoms with Crippen molar-refractivity contribution in [3.8, 4) is 10.6 Å².